The monoisotopic (exact) mass is 694 g/mol. The first-order valence-corrected chi connectivity index (χ1v) is 16.1. The van der Waals surface area contributed by atoms with Crippen LogP contribution in [0.25, 0.3) is 22.9 Å². The zero-order valence-electron chi connectivity index (χ0n) is 27.0. The van der Waals surface area contributed by atoms with E-state index >= 15 is 0 Å². The minimum absolute atomic E-state index is 0.0491. The number of aliphatic hydroxyl groups is 2. The van der Waals surface area contributed by atoms with Crippen molar-refractivity contribution >= 4 is 23.8 Å². The van der Waals surface area contributed by atoms with E-state index in [1.165, 1.54) is 35.2 Å². The van der Waals surface area contributed by atoms with Gasteiger partial charge in [-0.25, -0.2) is 19.3 Å². The van der Waals surface area contributed by atoms with Gasteiger partial charge in [0.15, 0.2) is 5.75 Å². The van der Waals surface area contributed by atoms with Crippen molar-refractivity contribution in [3.63, 3.8) is 0 Å². The number of anilines is 2. The van der Waals surface area contributed by atoms with Crippen LogP contribution in [0.2, 0.25) is 0 Å². The van der Waals surface area contributed by atoms with Crippen LogP contribution in [-0.2, 0) is 11.2 Å². The molecule has 0 unspecified atom stereocenters. The summed E-state index contributed by atoms with van der Waals surface area (Å²) in [6.07, 6.45) is 8.08. The van der Waals surface area contributed by atoms with Crippen molar-refractivity contribution in [3.8, 4) is 22.6 Å². The van der Waals surface area contributed by atoms with E-state index in [2.05, 4.69) is 30.3 Å². The molecule has 4 atom stereocenters. The van der Waals surface area contributed by atoms with Gasteiger partial charge >= 0.3 is 12.6 Å². The number of hydrogen-bond acceptors (Lipinski definition) is 10. The van der Waals surface area contributed by atoms with Gasteiger partial charge in [-0.15, -0.1) is 0 Å². The number of ether oxygens (including phenoxy) is 1. The number of carbonyl (C=O) groups is 1. The zero-order chi connectivity index (χ0) is 35.8. The molecule has 3 aromatic heterocycles. The van der Waals surface area contributed by atoms with Crippen LogP contribution in [0.5, 0.6) is 5.75 Å². The van der Waals surface area contributed by atoms with Crippen LogP contribution >= 0.6 is 0 Å². The molecule has 50 heavy (non-hydrogen) atoms. The molecule has 1 saturated carbocycles. The molecule has 12 nitrogen and oxygen atoms in total. The molecule has 5 N–H and O–H groups in total. The number of rotatable bonds is 15. The molecule has 15 heteroatoms. The van der Waals surface area contributed by atoms with Gasteiger partial charge in [-0.3, -0.25) is 14.2 Å². The molecule has 0 radical (unpaired) electrons. The first-order valence-electron chi connectivity index (χ1n) is 16.1. The number of carboxylic acid groups (broad SMARTS) is 1. The number of nitrogens with zero attached hydrogens (tertiary/aromatic N) is 4. The van der Waals surface area contributed by atoms with Crippen molar-refractivity contribution in [2.45, 2.75) is 76.4 Å². The summed E-state index contributed by atoms with van der Waals surface area (Å²) in [5, 5.41) is 35.9. The second-order valence-electron chi connectivity index (χ2n) is 11.9. The second-order valence-corrected chi connectivity index (χ2v) is 11.9. The lowest BCUT2D eigenvalue weighted by atomic mass is 9.95. The number of aromatic nitrogens is 4. The van der Waals surface area contributed by atoms with Gasteiger partial charge in [-0.1, -0.05) is 31.2 Å². The van der Waals surface area contributed by atoms with E-state index in [1.807, 2.05) is 6.92 Å². The van der Waals surface area contributed by atoms with E-state index < -0.39 is 37.0 Å². The van der Waals surface area contributed by atoms with Gasteiger partial charge in [0.2, 0.25) is 5.95 Å². The lowest BCUT2D eigenvalue weighted by Crippen LogP contribution is -2.24. The molecule has 1 aliphatic rings. The highest BCUT2D eigenvalue weighted by molar-refractivity contribution is 5.77. The molecule has 4 aromatic rings. The molecule has 0 amide bonds. The van der Waals surface area contributed by atoms with Gasteiger partial charge in [0.05, 0.1) is 42.9 Å². The van der Waals surface area contributed by atoms with E-state index in [0.29, 0.717) is 46.1 Å². The predicted molar refractivity (Wildman–Crippen MR) is 180 cm³/mol. The highest BCUT2D eigenvalue weighted by Crippen LogP contribution is 2.29. The Bertz CT molecular complexity index is 1840. The lowest BCUT2D eigenvalue weighted by Gasteiger charge is -2.18. The summed E-state index contributed by atoms with van der Waals surface area (Å²) in [5.41, 5.74) is 2.31. The fourth-order valence-corrected chi connectivity index (χ4v) is 5.92. The van der Waals surface area contributed by atoms with Gasteiger partial charge < -0.3 is 30.7 Å². The first-order chi connectivity index (χ1) is 24.0. The highest BCUT2D eigenvalue weighted by Gasteiger charge is 2.26. The van der Waals surface area contributed by atoms with Gasteiger partial charge in [-0.05, 0) is 61.1 Å². The number of nitrogens with one attached hydrogen (secondary N) is 2. The van der Waals surface area contributed by atoms with Crippen molar-refractivity contribution in [3.05, 3.63) is 94.6 Å². The third-order valence-electron chi connectivity index (χ3n) is 8.27. The maximum atomic E-state index is 13.9. The standard InChI is InChI=1S/C35H37F3N6O6/c1-2-28-29(11-10-25(45)14-26(46)15-32(47)48)30(20-3-5-21(36)6-4-20)19-44(33(28)49)24-9-12-31(39-16-24)42-22-7-8-23(13-22)43-35-40-17-27(18-41-35)50-34(37)38/h3-6,9-12,16-19,22-23,25-26,34,45-46H,2,7-8,13-15H2,1H3,(H,39,42)(H,47,48)(H,40,41,43)/b11-10+/t22-,23-,25+,26+/m0/s1. The van der Waals surface area contributed by atoms with Gasteiger partial charge in [0.1, 0.15) is 11.6 Å². The van der Waals surface area contributed by atoms with Crippen LogP contribution in [0.15, 0.2) is 72.1 Å². The first kappa shape index (κ1) is 36.0. The van der Waals surface area contributed by atoms with Crippen LogP contribution in [0.4, 0.5) is 24.9 Å². The Labute approximate surface area is 285 Å². The van der Waals surface area contributed by atoms with Crippen LogP contribution in [-0.4, -0.2) is 71.7 Å². The van der Waals surface area contributed by atoms with Crippen LogP contribution in [0.1, 0.15) is 50.2 Å². The average molecular weight is 695 g/mol. The number of aliphatic carboxylic acids is 1. The van der Waals surface area contributed by atoms with Crippen LogP contribution in [0.3, 0.4) is 0 Å². The Hall–Kier alpha value is -5.28. The molecular formula is C35H37F3N6O6. The molecule has 0 saturated heterocycles. The number of hydrogen-bond donors (Lipinski definition) is 5. The van der Waals surface area contributed by atoms with E-state index in [9.17, 15) is 33.0 Å². The maximum absolute atomic E-state index is 13.9. The number of alkyl halides is 2. The third-order valence-corrected chi connectivity index (χ3v) is 8.27. The quantitative estimate of drug-likeness (QED) is 0.113. The molecule has 264 valence electrons. The summed E-state index contributed by atoms with van der Waals surface area (Å²) in [7, 11) is 0. The van der Waals surface area contributed by atoms with E-state index in [1.54, 1.807) is 42.7 Å². The Morgan fingerprint density at radius 1 is 1.04 bits per heavy atom. The molecule has 0 spiro atoms. The van der Waals surface area contributed by atoms with Crippen molar-refractivity contribution in [1.82, 2.24) is 19.5 Å². The molecule has 0 bridgehead atoms. The fraction of sp³-hybridized carbons (Fsp3) is 0.343. The van der Waals surface area contributed by atoms with Crippen molar-refractivity contribution in [2.24, 2.45) is 0 Å². The summed E-state index contributed by atoms with van der Waals surface area (Å²) < 4.78 is 44.4. The molecule has 1 aromatic carbocycles. The Morgan fingerprint density at radius 2 is 1.74 bits per heavy atom. The largest absolute Gasteiger partial charge is 0.481 e. The molecule has 5 rings (SSSR count). The number of aliphatic hydroxyl groups excluding tert-OH is 2. The summed E-state index contributed by atoms with van der Waals surface area (Å²) in [6, 6.07) is 9.44. The zero-order valence-corrected chi connectivity index (χ0v) is 27.0. The van der Waals surface area contributed by atoms with E-state index in [-0.39, 0.29) is 29.8 Å². The Balaban J connectivity index is 1.33. The smallest absolute Gasteiger partial charge is 0.387 e. The lowest BCUT2D eigenvalue weighted by molar-refractivity contribution is -0.139. The van der Waals surface area contributed by atoms with E-state index in [0.717, 1.165) is 19.3 Å². The van der Waals surface area contributed by atoms with Crippen molar-refractivity contribution in [2.75, 3.05) is 10.6 Å². The number of benzene rings is 1. The average Bonchev–Trinajstić information content (AvgIpc) is 3.51. The summed E-state index contributed by atoms with van der Waals surface area (Å²) in [5.74, 6) is -0.833. The summed E-state index contributed by atoms with van der Waals surface area (Å²) >= 11 is 0. The third kappa shape index (κ3) is 9.45. The normalized spacial score (nSPS) is 17.2. The molecule has 0 aliphatic heterocycles. The second kappa shape index (κ2) is 16.4. The predicted octanol–water partition coefficient (Wildman–Crippen LogP) is 5.04. The Morgan fingerprint density at radius 3 is 2.36 bits per heavy atom. The van der Waals surface area contributed by atoms with Crippen molar-refractivity contribution in [1.29, 1.82) is 0 Å². The fourth-order valence-electron chi connectivity index (χ4n) is 5.92. The molecule has 1 fully saturated rings. The summed E-state index contributed by atoms with van der Waals surface area (Å²) in [4.78, 5) is 37.3. The molecule has 3 heterocycles. The highest BCUT2D eigenvalue weighted by atomic mass is 19.3. The van der Waals surface area contributed by atoms with Gasteiger partial charge in [0, 0.05) is 35.8 Å². The topological polar surface area (TPSA) is 172 Å². The minimum atomic E-state index is -2.95. The van der Waals surface area contributed by atoms with E-state index in [4.69, 9.17) is 5.11 Å². The molecular weight excluding hydrogens is 657 g/mol. The maximum Gasteiger partial charge on any atom is 0.387 e. The SMILES string of the molecule is CCc1c(/C=C/[C@@H](O)C[C@@H](O)CC(=O)O)c(-c2ccc(F)cc2)cn(-c2ccc(N[C@H]3CC[C@H](Nc4ncc(OC(F)F)cn4)C3)nc2)c1=O. The van der Waals surface area contributed by atoms with Crippen LogP contribution in [0, 0.1) is 5.82 Å². The minimum Gasteiger partial charge on any atom is -0.481 e. The summed E-state index contributed by atoms with van der Waals surface area (Å²) in [6.45, 7) is -1.13. The Kier molecular flexibility index (Phi) is 11.8. The number of halogens is 3. The van der Waals surface area contributed by atoms with Crippen LogP contribution < -0.4 is 20.9 Å². The van der Waals surface area contributed by atoms with Gasteiger partial charge in [-0.2, -0.15) is 8.78 Å². The number of pyridine rings is 2. The number of carboxylic acids is 1. The molecule has 1 aliphatic carbocycles. The van der Waals surface area contributed by atoms with Crippen molar-refractivity contribution < 1.29 is 38.0 Å². The van der Waals surface area contributed by atoms with Gasteiger partial charge in [0.25, 0.3) is 5.56 Å².